The monoisotopic (exact) mass is 384 g/mol. The molecular weight excluding hydrogens is 368 g/mol. The molecule has 4 nitrogen and oxygen atoms in total. The zero-order valence-corrected chi connectivity index (χ0v) is 16.0. The van der Waals surface area contributed by atoms with E-state index < -0.39 is 0 Å². The molecule has 0 bridgehead atoms. The van der Waals surface area contributed by atoms with Gasteiger partial charge in [0, 0.05) is 45.8 Å². The van der Waals surface area contributed by atoms with Crippen molar-refractivity contribution in [2.45, 2.75) is 0 Å². The summed E-state index contributed by atoms with van der Waals surface area (Å²) < 4.78 is 4.49. The Bertz CT molecular complexity index is 1740. The fourth-order valence-electron chi connectivity index (χ4n) is 4.83. The lowest BCUT2D eigenvalue weighted by molar-refractivity contribution is 1.18. The number of fused-ring (bicyclic) bond motifs is 10. The van der Waals surface area contributed by atoms with Crippen LogP contribution in [0.3, 0.4) is 0 Å². The van der Waals surface area contributed by atoms with Gasteiger partial charge in [-0.15, -0.1) is 0 Å². The Labute approximate surface area is 171 Å². The molecule has 0 saturated heterocycles. The molecule has 0 unspecified atom stereocenters. The number of imidazole rings is 1. The minimum atomic E-state index is 0.965. The molecule has 4 heterocycles. The van der Waals surface area contributed by atoms with Crippen LogP contribution in [0.25, 0.3) is 54.9 Å². The highest BCUT2D eigenvalue weighted by molar-refractivity contribution is 6.28. The van der Waals surface area contributed by atoms with Crippen molar-refractivity contribution in [2.24, 2.45) is 0 Å². The number of benzene rings is 3. The average molecular weight is 384 g/mol. The van der Waals surface area contributed by atoms with E-state index in [4.69, 9.17) is 9.97 Å². The smallest absolute Gasteiger partial charge is 0.145 e. The van der Waals surface area contributed by atoms with Gasteiger partial charge in [-0.1, -0.05) is 36.4 Å². The van der Waals surface area contributed by atoms with Crippen LogP contribution < -0.4 is 0 Å². The summed E-state index contributed by atoms with van der Waals surface area (Å²) in [5, 5.41) is 4.72. The molecule has 0 aliphatic rings. The van der Waals surface area contributed by atoms with Gasteiger partial charge in [0.2, 0.25) is 0 Å². The first-order valence-corrected chi connectivity index (χ1v) is 10.0. The van der Waals surface area contributed by atoms with E-state index in [9.17, 15) is 0 Å². The molecule has 7 rings (SSSR count). The number of nitrogens with zero attached hydrogens (tertiary/aromatic N) is 4. The first kappa shape index (κ1) is 15.7. The fourth-order valence-corrected chi connectivity index (χ4v) is 4.83. The predicted molar refractivity (Wildman–Crippen MR) is 122 cm³/mol. The molecule has 0 atom stereocenters. The Morgan fingerprint density at radius 3 is 2.33 bits per heavy atom. The van der Waals surface area contributed by atoms with Crippen molar-refractivity contribution in [3.63, 3.8) is 0 Å². The largest absolute Gasteiger partial charge is 0.309 e. The van der Waals surface area contributed by atoms with E-state index >= 15 is 0 Å². The Kier molecular flexibility index (Phi) is 2.97. The van der Waals surface area contributed by atoms with Crippen LogP contribution in [-0.4, -0.2) is 18.9 Å². The molecule has 140 valence electrons. The first-order chi connectivity index (χ1) is 14.9. The number of pyridine rings is 2. The van der Waals surface area contributed by atoms with Crippen molar-refractivity contribution in [1.29, 1.82) is 0 Å². The summed E-state index contributed by atoms with van der Waals surface area (Å²) in [6, 6.07) is 27.6. The molecule has 30 heavy (non-hydrogen) atoms. The van der Waals surface area contributed by atoms with Gasteiger partial charge in [-0.3, -0.25) is 9.38 Å². The molecule has 0 aliphatic heterocycles. The second-order valence-electron chi connectivity index (χ2n) is 7.56. The van der Waals surface area contributed by atoms with Crippen LogP contribution in [0.5, 0.6) is 0 Å². The second-order valence-corrected chi connectivity index (χ2v) is 7.56. The van der Waals surface area contributed by atoms with Crippen molar-refractivity contribution in [3.05, 3.63) is 97.5 Å². The van der Waals surface area contributed by atoms with Gasteiger partial charge in [-0.05, 0) is 42.5 Å². The standard InChI is InChI=1S/C26H16N4/c1-2-7-17(8-3-1)30-20-10-5-4-9-18(20)23-21(30)13-12-19-24(23)26-28-15-16-29(26)22-11-6-14-27-25(19)22/h1-16H. The fraction of sp³-hybridized carbons (Fsp3) is 0. The van der Waals surface area contributed by atoms with E-state index in [0.29, 0.717) is 0 Å². The van der Waals surface area contributed by atoms with Gasteiger partial charge < -0.3 is 4.57 Å². The number of hydrogen-bond acceptors (Lipinski definition) is 2. The minimum Gasteiger partial charge on any atom is -0.309 e. The minimum absolute atomic E-state index is 0.965. The van der Waals surface area contributed by atoms with Crippen LogP contribution in [0.15, 0.2) is 97.5 Å². The van der Waals surface area contributed by atoms with Crippen molar-refractivity contribution in [2.75, 3.05) is 0 Å². The Hall–Kier alpha value is -4.18. The molecular formula is C26H16N4. The highest BCUT2D eigenvalue weighted by atomic mass is 15.0. The molecule has 4 heteroatoms. The molecule has 0 saturated carbocycles. The lowest BCUT2D eigenvalue weighted by Gasteiger charge is -2.10. The van der Waals surface area contributed by atoms with E-state index in [-0.39, 0.29) is 0 Å². The van der Waals surface area contributed by atoms with Crippen LogP contribution >= 0.6 is 0 Å². The number of rotatable bonds is 1. The zero-order chi connectivity index (χ0) is 19.7. The third-order valence-electron chi connectivity index (χ3n) is 6.02. The molecule has 4 aromatic heterocycles. The summed E-state index contributed by atoms with van der Waals surface area (Å²) in [6.45, 7) is 0. The molecule has 7 aromatic rings. The lowest BCUT2D eigenvalue weighted by atomic mass is 10.0. The summed E-state index contributed by atoms with van der Waals surface area (Å²) in [6.07, 6.45) is 5.76. The third kappa shape index (κ3) is 1.90. The topological polar surface area (TPSA) is 35.1 Å². The van der Waals surface area contributed by atoms with Gasteiger partial charge in [0.05, 0.1) is 22.1 Å². The van der Waals surface area contributed by atoms with Crippen LogP contribution in [0.2, 0.25) is 0 Å². The maximum atomic E-state index is 4.76. The van der Waals surface area contributed by atoms with Gasteiger partial charge in [0.1, 0.15) is 5.65 Å². The van der Waals surface area contributed by atoms with Crippen molar-refractivity contribution in [3.8, 4) is 5.69 Å². The summed E-state index contributed by atoms with van der Waals surface area (Å²) in [5.41, 5.74) is 6.56. The molecule has 0 radical (unpaired) electrons. The third-order valence-corrected chi connectivity index (χ3v) is 6.02. The summed E-state index contributed by atoms with van der Waals surface area (Å²) in [7, 11) is 0. The van der Waals surface area contributed by atoms with Crippen LogP contribution in [0.1, 0.15) is 0 Å². The van der Waals surface area contributed by atoms with E-state index in [1.165, 1.54) is 21.8 Å². The number of aromatic nitrogens is 4. The summed E-state index contributed by atoms with van der Waals surface area (Å²) >= 11 is 0. The predicted octanol–water partition coefficient (Wildman–Crippen LogP) is 6.13. The molecule has 0 N–H and O–H groups in total. The highest BCUT2D eigenvalue weighted by Gasteiger charge is 2.19. The highest BCUT2D eigenvalue weighted by Crippen LogP contribution is 2.40. The number of para-hydroxylation sites is 2. The molecule has 0 fully saturated rings. The maximum Gasteiger partial charge on any atom is 0.145 e. The van der Waals surface area contributed by atoms with E-state index in [0.717, 1.165) is 33.1 Å². The second kappa shape index (κ2) is 5.67. The number of hydrogen-bond donors (Lipinski definition) is 0. The van der Waals surface area contributed by atoms with Gasteiger partial charge in [-0.25, -0.2) is 4.98 Å². The zero-order valence-electron chi connectivity index (χ0n) is 16.0. The average Bonchev–Trinajstić information content (AvgIpc) is 3.43. The molecule has 3 aromatic carbocycles. The van der Waals surface area contributed by atoms with Crippen LogP contribution in [0.4, 0.5) is 0 Å². The van der Waals surface area contributed by atoms with Crippen LogP contribution in [-0.2, 0) is 0 Å². The molecule has 0 spiro atoms. The van der Waals surface area contributed by atoms with Crippen molar-refractivity contribution >= 4 is 49.3 Å². The Morgan fingerprint density at radius 2 is 1.40 bits per heavy atom. The van der Waals surface area contributed by atoms with E-state index in [2.05, 4.69) is 81.8 Å². The SMILES string of the molecule is c1ccc(-n2c3ccccc3c3c4c(ccc32)c2ncccc2n2ccnc42)cc1. The van der Waals surface area contributed by atoms with Crippen LogP contribution in [0, 0.1) is 0 Å². The van der Waals surface area contributed by atoms with Crippen molar-refractivity contribution < 1.29 is 0 Å². The molecule has 0 aliphatic carbocycles. The normalized spacial score (nSPS) is 12.0. The Morgan fingerprint density at radius 1 is 0.567 bits per heavy atom. The quantitative estimate of drug-likeness (QED) is 0.319. The van der Waals surface area contributed by atoms with E-state index in [1.807, 2.05) is 24.7 Å². The Balaban J connectivity index is 1.82. The van der Waals surface area contributed by atoms with Gasteiger partial charge in [-0.2, -0.15) is 0 Å². The summed E-state index contributed by atoms with van der Waals surface area (Å²) in [4.78, 5) is 9.50. The summed E-state index contributed by atoms with van der Waals surface area (Å²) in [5.74, 6) is 0. The van der Waals surface area contributed by atoms with E-state index in [1.54, 1.807) is 0 Å². The maximum absolute atomic E-state index is 4.76. The molecule has 0 amide bonds. The van der Waals surface area contributed by atoms with Gasteiger partial charge in [0.25, 0.3) is 0 Å². The lowest BCUT2D eigenvalue weighted by Crippen LogP contribution is -1.94. The van der Waals surface area contributed by atoms with Gasteiger partial charge >= 0.3 is 0 Å². The van der Waals surface area contributed by atoms with Crippen molar-refractivity contribution in [1.82, 2.24) is 18.9 Å². The van der Waals surface area contributed by atoms with Gasteiger partial charge in [0.15, 0.2) is 0 Å². The first-order valence-electron chi connectivity index (χ1n) is 10.0.